The fourth-order valence-electron chi connectivity index (χ4n) is 1.55. The van der Waals surface area contributed by atoms with E-state index in [0.717, 1.165) is 5.82 Å². The summed E-state index contributed by atoms with van der Waals surface area (Å²) in [4.78, 5) is 2.33. The predicted molar refractivity (Wildman–Crippen MR) is 44.7 cm³/mol. The summed E-state index contributed by atoms with van der Waals surface area (Å²) in [5.41, 5.74) is 0. The number of hydrogen-bond acceptors (Lipinski definition) is 2. The molecule has 0 aliphatic carbocycles. The summed E-state index contributed by atoms with van der Waals surface area (Å²) in [5, 5.41) is 6.98. The molecule has 1 aliphatic heterocycles. The highest BCUT2D eigenvalue weighted by Gasteiger charge is 2.11. The van der Waals surface area contributed by atoms with Crippen molar-refractivity contribution in [2.24, 2.45) is 0 Å². The summed E-state index contributed by atoms with van der Waals surface area (Å²) in [6.45, 7) is 2.34. The van der Waals surface area contributed by atoms with Crippen LogP contribution >= 0.6 is 0 Å². The van der Waals surface area contributed by atoms with Crippen LogP contribution < -0.4 is 4.90 Å². The maximum atomic E-state index is 4.14. The maximum absolute atomic E-state index is 4.14. The molecule has 3 heteroatoms. The van der Waals surface area contributed by atoms with Gasteiger partial charge in [-0.15, -0.1) is 0 Å². The van der Waals surface area contributed by atoms with Gasteiger partial charge in [-0.05, 0) is 19.3 Å². The van der Waals surface area contributed by atoms with Crippen molar-refractivity contribution in [3.05, 3.63) is 12.3 Å². The molecule has 2 heterocycles. The lowest BCUT2D eigenvalue weighted by Gasteiger charge is -2.26. The smallest absolute Gasteiger partial charge is 0.150 e. The highest BCUT2D eigenvalue weighted by atomic mass is 15.3. The zero-order valence-corrected chi connectivity index (χ0v) is 6.58. The molecule has 1 aromatic heterocycles. The molecule has 0 spiro atoms. The Kier molecular flexibility index (Phi) is 1.79. The van der Waals surface area contributed by atoms with Crippen molar-refractivity contribution in [2.75, 3.05) is 18.0 Å². The largest absolute Gasteiger partial charge is 0.355 e. The number of aromatic nitrogens is 2. The zero-order valence-electron chi connectivity index (χ0n) is 6.58. The van der Waals surface area contributed by atoms with Crippen molar-refractivity contribution in [3.8, 4) is 0 Å². The SMILES string of the molecule is c1cc(N2CCCCC2)n[nH]1. The van der Waals surface area contributed by atoms with Gasteiger partial charge >= 0.3 is 0 Å². The summed E-state index contributed by atoms with van der Waals surface area (Å²) >= 11 is 0. The first-order valence-electron chi connectivity index (χ1n) is 4.21. The molecular weight excluding hydrogens is 138 g/mol. The van der Waals surface area contributed by atoms with Crippen LogP contribution in [0.2, 0.25) is 0 Å². The van der Waals surface area contributed by atoms with E-state index in [1.54, 1.807) is 0 Å². The summed E-state index contributed by atoms with van der Waals surface area (Å²) in [7, 11) is 0. The molecule has 0 radical (unpaired) electrons. The Hall–Kier alpha value is -0.990. The maximum Gasteiger partial charge on any atom is 0.150 e. The molecule has 1 aliphatic rings. The second kappa shape index (κ2) is 2.95. The van der Waals surface area contributed by atoms with E-state index in [9.17, 15) is 0 Å². The van der Waals surface area contributed by atoms with E-state index in [-0.39, 0.29) is 0 Å². The standard InChI is InChI=1S/C8H13N3/c1-2-6-11(7-3-1)8-4-5-9-10-8/h4-5H,1-3,6-7H2,(H,9,10). The molecule has 0 atom stereocenters. The number of piperidine rings is 1. The number of nitrogens with one attached hydrogen (secondary N) is 1. The minimum atomic E-state index is 1.10. The van der Waals surface area contributed by atoms with Crippen LogP contribution in [-0.2, 0) is 0 Å². The van der Waals surface area contributed by atoms with Gasteiger partial charge in [0, 0.05) is 25.4 Å². The molecular formula is C8H13N3. The van der Waals surface area contributed by atoms with Crippen LogP contribution in [0.1, 0.15) is 19.3 Å². The molecule has 1 N–H and O–H groups in total. The molecule has 3 nitrogen and oxygen atoms in total. The van der Waals surface area contributed by atoms with Gasteiger partial charge in [-0.1, -0.05) is 0 Å². The number of rotatable bonds is 1. The Morgan fingerprint density at radius 3 is 2.73 bits per heavy atom. The Labute approximate surface area is 66.4 Å². The molecule has 11 heavy (non-hydrogen) atoms. The molecule has 1 fully saturated rings. The lowest BCUT2D eigenvalue weighted by Crippen LogP contribution is -2.29. The third kappa shape index (κ3) is 1.37. The summed E-state index contributed by atoms with van der Waals surface area (Å²) in [6.07, 6.45) is 5.88. The lowest BCUT2D eigenvalue weighted by molar-refractivity contribution is 0.573. The number of aromatic amines is 1. The fraction of sp³-hybridized carbons (Fsp3) is 0.625. The van der Waals surface area contributed by atoms with Crippen LogP contribution in [0.4, 0.5) is 5.82 Å². The Morgan fingerprint density at radius 1 is 1.27 bits per heavy atom. The van der Waals surface area contributed by atoms with Gasteiger partial charge in [0.05, 0.1) is 0 Å². The molecule has 1 aromatic rings. The van der Waals surface area contributed by atoms with Gasteiger partial charge in [0.25, 0.3) is 0 Å². The van der Waals surface area contributed by atoms with E-state index >= 15 is 0 Å². The van der Waals surface area contributed by atoms with Gasteiger partial charge in [0.2, 0.25) is 0 Å². The predicted octanol–water partition coefficient (Wildman–Crippen LogP) is 1.40. The van der Waals surface area contributed by atoms with Crippen molar-refractivity contribution in [2.45, 2.75) is 19.3 Å². The normalized spacial score (nSPS) is 18.7. The fourth-order valence-corrected chi connectivity index (χ4v) is 1.55. The number of nitrogens with zero attached hydrogens (tertiary/aromatic N) is 2. The highest BCUT2D eigenvalue weighted by Crippen LogP contribution is 2.15. The van der Waals surface area contributed by atoms with Gasteiger partial charge in [0.15, 0.2) is 0 Å². The first kappa shape index (κ1) is 6.70. The van der Waals surface area contributed by atoms with Crippen LogP contribution in [-0.4, -0.2) is 23.3 Å². The van der Waals surface area contributed by atoms with Crippen molar-refractivity contribution < 1.29 is 0 Å². The summed E-state index contributed by atoms with van der Waals surface area (Å²) in [5.74, 6) is 1.10. The Morgan fingerprint density at radius 2 is 2.09 bits per heavy atom. The zero-order chi connectivity index (χ0) is 7.52. The van der Waals surface area contributed by atoms with Gasteiger partial charge in [-0.3, -0.25) is 5.10 Å². The minimum absolute atomic E-state index is 1.10. The van der Waals surface area contributed by atoms with Crippen LogP contribution in [0.25, 0.3) is 0 Å². The summed E-state index contributed by atoms with van der Waals surface area (Å²) < 4.78 is 0. The number of hydrogen-bond donors (Lipinski definition) is 1. The molecule has 2 rings (SSSR count). The molecule has 0 bridgehead atoms. The van der Waals surface area contributed by atoms with Gasteiger partial charge in [0.1, 0.15) is 5.82 Å². The van der Waals surface area contributed by atoms with E-state index in [2.05, 4.69) is 15.1 Å². The number of anilines is 1. The van der Waals surface area contributed by atoms with Crippen LogP contribution in [0.3, 0.4) is 0 Å². The summed E-state index contributed by atoms with van der Waals surface area (Å²) in [6, 6.07) is 2.03. The Balaban J connectivity index is 2.04. The van der Waals surface area contributed by atoms with Crippen LogP contribution in [0, 0.1) is 0 Å². The average Bonchev–Trinajstić information content (AvgIpc) is 2.58. The third-order valence-corrected chi connectivity index (χ3v) is 2.17. The van der Waals surface area contributed by atoms with Gasteiger partial charge in [-0.25, -0.2) is 0 Å². The van der Waals surface area contributed by atoms with E-state index in [1.807, 2.05) is 12.3 Å². The molecule has 0 unspecified atom stereocenters. The molecule has 0 amide bonds. The topological polar surface area (TPSA) is 31.9 Å². The first-order valence-corrected chi connectivity index (χ1v) is 4.21. The van der Waals surface area contributed by atoms with Crippen LogP contribution in [0.15, 0.2) is 12.3 Å². The second-order valence-corrected chi connectivity index (χ2v) is 2.98. The molecule has 0 saturated carbocycles. The second-order valence-electron chi connectivity index (χ2n) is 2.98. The van der Waals surface area contributed by atoms with Crippen LogP contribution in [0.5, 0.6) is 0 Å². The van der Waals surface area contributed by atoms with Gasteiger partial charge in [-0.2, -0.15) is 5.10 Å². The van der Waals surface area contributed by atoms with Crippen molar-refractivity contribution in [1.29, 1.82) is 0 Å². The molecule has 60 valence electrons. The van der Waals surface area contributed by atoms with E-state index in [1.165, 1.54) is 32.4 Å². The Bertz CT molecular complexity index is 199. The van der Waals surface area contributed by atoms with E-state index in [4.69, 9.17) is 0 Å². The minimum Gasteiger partial charge on any atom is -0.355 e. The van der Waals surface area contributed by atoms with Gasteiger partial charge < -0.3 is 4.90 Å². The third-order valence-electron chi connectivity index (χ3n) is 2.17. The monoisotopic (exact) mass is 151 g/mol. The van der Waals surface area contributed by atoms with E-state index < -0.39 is 0 Å². The molecule has 1 saturated heterocycles. The average molecular weight is 151 g/mol. The highest BCUT2D eigenvalue weighted by molar-refractivity contribution is 5.36. The van der Waals surface area contributed by atoms with Crippen molar-refractivity contribution in [1.82, 2.24) is 10.2 Å². The lowest BCUT2D eigenvalue weighted by atomic mass is 10.1. The van der Waals surface area contributed by atoms with Crippen molar-refractivity contribution >= 4 is 5.82 Å². The molecule has 0 aromatic carbocycles. The van der Waals surface area contributed by atoms with Crippen molar-refractivity contribution in [3.63, 3.8) is 0 Å². The quantitative estimate of drug-likeness (QED) is 0.658. The first-order chi connectivity index (χ1) is 5.47. The van der Waals surface area contributed by atoms with E-state index in [0.29, 0.717) is 0 Å². The number of H-pyrrole nitrogens is 1.